The van der Waals surface area contributed by atoms with Gasteiger partial charge in [-0.3, -0.25) is 0 Å². The minimum absolute atomic E-state index is 0.428. The Morgan fingerprint density at radius 2 is 2.03 bits per heavy atom. The highest BCUT2D eigenvalue weighted by molar-refractivity contribution is 9.10. The van der Waals surface area contributed by atoms with Gasteiger partial charge >= 0.3 is 0 Å². The van der Waals surface area contributed by atoms with Crippen molar-refractivity contribution in [3.8, 4) is 10.7 Å². The first kappa shape index (κ1) is 20.7. The summed E-state index contributed by atoms with van der Waals surface area (Å²) in [5, 5.41) is 10.9. The molecule has 5 nitrogen and oxygen atoms in total. The summed E-state index contributed by atoms with van der Waals surface area (Å²) in [5.41, 5.74) is 2.99. The van der Waals surface area contributed by atoms with Gasteiger partial charge in [-0.1, -0.05) is 39.8 Å². The highest BCUT2D eigenvalue weighted by Gasteiger charge is 2.60. The number of thioether (sulfide) groups is 1. The molecule has 2 aliphatic rings. The number of rotatable bonds is 7. The molecular formula is C22H26BrN5S2. The molecule has 1 aromatic carbocycles. The predicted octanol–water partition coefficient (Wildman–Crippen LogP) is 5.07. The van der Waals surface area contributed by atoms with Gasteiger partial charge in [-0.15, -0.1) is 21.5 Å². The largest absolute Gasteiger partial charge is 0.304 e. The summed E-state index contributed by atoms with van der Waals surface area (Å²) in [6.07, 6.45) is 2.53. The molecule has 2 aromatic heterocycles. The van der Waals surface area contributed by atoms with E-state index in [2.05, 4.69) is 71.9 Å². The number of fused-ring (bicyclic) bond motifs is 1. The zero-order valence-corrected chi connectivity index (χ0v) is 20.8. The summed E-state index contributed by atoms with van der Waals surface area (Å²) in [6, 6.07) is 8.98. The summed E-state index contributed by atoms with van der Waals surface area (Å²) in [6.45, 7) is 7.71. The Morgan fingerprint density at radius 3 is 2.77 bits per heavy atom. The van der Waals surface area contributed by atoms with Gasteiger partial charge in [0.2, 0.25) is 0 Å². The third kappa shape index (κ3) is 3.76. The lowest BCUT2D eigenvalue weighted by atomic mass is 9.95. The number of hydrogen-bond donors (Lipinski definition) is 0. The molecule has 1 aliphatic heterocycles. The highest BCUT2D eigenvalue weighted by Crippen LogP contribution is 2.59. The lowest BCUT2D eigenvalue weighted by molar-refractivity contribution is 0.299. The molecule has 2 atom stereocenters. The van der Waals surface area contributed by atoms with Crippen molar-refractivity contribution in [2.45, 2.75) is 37.3 Å². The average Bonchev–Trinajstić information content (AvgIpc) is 2.97. The topological polar surface area (TPSA) is 46.8 Å². The first-order chi connectivity index (χ1) is 14.5. The first-order valence-corrected chi connectivity index (χ1v) is 13.0. The quantitative estimate of drug-likeness (QED) is 0.332. The summed E-state index contributed by atoms with van der Waals surface area (Å²) >= 11 is 7.06. The van der Waals surface area contributed by atoms with Gasteiger partial charge in [0.05, 0.1) is 15.6 Å². The van der Waals surface area contributed by atoms with Crippen LogP contribution in [0.1, 0.15) is 29.1 Å². The number of aromatic nitrogens is 4. The Balaban J connectivity index is 1.13. The average molecular weight is 505 g/mol. The van der Waals surface area contributed by atoms with Crippen LogP contribution < -0.4 is 0 Å². The van der Waals surface area contributed by atoms with E-state index in [1.807, 2.05) is 25.6 Å². The van der Waals surface area contributed by atoms with Crippen molar-refractivity contribution in [2.75, 3.05) is 25.4 Å². The molecule has 1 unspecified atom stereocenters. The van der Waals surface area contributed by atoms with Crippen LogP contribution in [0.15, 0.2) is 33.9 Å². The molecule has 3 heterocycles. The van der Waals surface area contributed by atoms with Crippen LogP contribution in [-0.2, 0) is 12.5 Å². The van der Waals surface area contributed by atoms with Crippen LogP contribution in [0.25, 0.3) is 10.7 Å². The lowest BCUT2D eigenvalue weighted by Crippen LogP contribution is -2.27. The molecule has 1 saturated heterocycles. The van der Waals surface area contributed by atoms with Gasteiger partial charge in [-0.05, 0) is 56.8 Å². The summed E-state index contributed by atoms with van der Waals surface area (Å²) in [7, 11) is 2.06. The molecule has 1 aliphatic carbocycles. The number of likely N-dealkylation sites (tertiary alicyclic amines) is 1. The molecule has 1 saturated carbocycles. The Bertz CT molecular complexity index is 1060. The van der Waals surface area contributed by atoms with Crippen LogP contribution in [0.2, 0.25) is 0 Å². The van der Waals surface area contributed by atoms with Crippen molar-refractivity contribution in [3.63, 3.8) is 0 Å². The molecule has 158 valence electrons. The summed E-state index contributed by atoms with van der Waals surface area (Å²) < 4.78 is 3.28. The Kier molecular flexibility index (Phi) is 5.54. The van der Waals surface area contributed by atoms with E-state index in [0.717, 1.165) is 38.2 Å². The monoisotopic (exact) mass is 503 g/mol. The molecule has 30 heavy (non-hydrogen) atoms. The Labute approximate surface area is 194 Å². The molecule has 8 heteroatoms. The van der Waals surface area contributed by atoms with Crippen LogP contribution in [0, 0.1) is 19.8 Å². The fourth-order valence-corrected chi connectivity index (χ4v) is 6.85. The van der Waals surface area contributed by atoms with Gasteiger partial charge < -0.3 is 9.47 Å². The van der Waals surface area contributed by atoms with Crippen molar-refractivity contribution in [3.05, 3.63) is 45.0 Å². The highest BCUT2D eigenvalue weighted by atomic mass is 79.9. The van der Waals surface area contributed by atoms with Crippen molar-refractivity contribution < 1.29 is 0 Å². The van der Waals surface area contributed by atoms with Crippen LogP contribution in [0.3, 0.4) is 0 Å². The van der Waals surface area contributed by atoms with E-state index < -0.39 is 0 Å². The maximum absolute atomic E-state index is 4.52. The van der Waals surface area contributed by atoms with E-state index in [9.17, 15) is 0 Å². The third-order valence-corrected chi connectivity index (χ3v) is 9.13. The Hall–Kier alpha value is -1.22. The second-order valence-corrected chi connectivity index (χ2v) is 11.7. The third-order valence-electron chi connectivity index (χ3n) is 6.43. The van der Waals surface area contributed by atoms with Crippen LogP contribution >= 0.6 is 39.0 Å². The maximum atomic E-state index is 4.52. The second kappa shape index (κ2) is 8.04. The first-order valence-electron chi connectivity index (χ1n) is 10.4. The minimum atomic E-state index is 0.428. The number of piperidine rings is 1. The molecular weight excluding hydrogens is 478 g/mol. The maximum Gasteiger partial charge on any atom is 0.191 e. The molecule has 3 aromatic rings. The van der Waals surface area contributed by atoms with Crippen molar-refractivity contribution in [1.29, 1.82) is 0 Å². The number of hydrogen-bond acceptors (Lipinski definition) is 6. The van der Waals surface area contributed by atoms with E-state index in [0.29, 0.717) is 5.41 Å². The molecule has 0 N–H and O–H groups in total. The van der Waals surface area contributed by atoms with Gasteiger partial charge in [-0.25, -0.2) is 4.98 Å². The van der Waals surface area contributed by atoms with Crippen molar-refractivity contribution in [1.82, 2.24) is 24.6 Å². The number of benzene rings is 1. The number of thiazole rings is 1. The van der Waals surface area contributed by atoms with Crippen LogP contribution in [-0.4, -0.2) is 50.0 Å². The number of aryl methyl sites for hydroxylation is 2. The molecule has 0 amide bonds. The lowest BCUT2D eigenvalue weighted by Gasteiger charge is -2.21. The minimum Gasteiger partial charge on any atom is -0.304 e. The fraction of sp³-hybridized carbons (Fsp3) is 0.500. The van der Waals surface area contributed by atoms with Gasteiger partial charge in [0, 0.05) is 35.8 Å². The molecule has 5 rings (SSSR count). The van der Waals surface area contributed by atoms with E-state index >= 15 is 0 Å². The van der Waals surface area contributed by atoms with E-state index in [-0.39, 0.29) is 0 Å². The zero-order valence-electron chi connectivity index (χ0n) is 17.6. The van der Waals surface area contributed by atoms with E-state index in [4.69, 9.17) is 0 Å². The summed E-state index contributed by atoms with van der Waals surface area (Å²) in [5.74, 6) is 2.84. The zero-order chi connectivity index (χ0) is 20.9. The predicted molar refractivity (Wildman–Crippen MR) is 127 cm³/mol. The van der Waals surface area contributed by atoms with Crippen LogP contribution in [0.5, 0.6) is 0 Å². The van der Waals surface area contributed by atoms with Gasteiger partial charge in [0.15, 0.2) is 11.0 Å². The van der Waals surface area contributed by atoms with Crippen LogP contribution in [0.4, 0.5) is 0 Å². The normalized spacial score (nSPS) is 23.1. The van der Waals surface area contributed by atoms with E-state index in [1.165, 1.54) is 42.5 Å². The molecule has 0 bridgehead atoms. The number of nitrogens with zero attached hydrogens (tertiary/aromatic N) is 5. The number of halogens is 1. The van der Waals surface area contributed by atoms with Gasteiger partial charge in [0.1, 0.15) is 0 Å². The van der Waals surface area contributed by atoms with Crippen molar-refractivity contribution in [2.24, 2.45) is 13.0 Å². The van der Waals surface area contributed by atoms with E-state index in [1.54, 1.807) is 11.3 Å². The summed E-state index contributed by atoms with van der Waals surface area (Å²) in [4.78, 5) is 8.31. The molecule has 0 spiro atoms. The SMILES string of the molecule is Cc1nc(C)c(-c2nnc(SCCCN3C[C@@H]4CC4(c4ccc(Br)cc4)C3)n2C)s1. The fourth-order valence-electron chi connectivity index (χ4n) is 4.81. The van der Waals surface area contributed by atoms with Gasteiger partial charge in [0.25, 0.3) is 0 Å². The smallest absolute Gasteiger partial charge is 0.191 e. The van der Waals surface area contributed by atoms with Gasteiger partial charge in [-0.2, -0.15) is 0 Å². The van der Waals surface area contributed by atoms with Crippen molar-refractivity contribution >= 4 is 39.0 Å². The second-order valence-electron chi connectivity index (χ2n) is 8.51. The molecule has 0 radical (unpaired) electrons. The molecule has 2 fully saturated rings. The standard InChI is InChI=1S/C22H26BrN5S2/c1-14-19(30-15(2)24-14)20-25-26-21(27(20)3)29-10-4-9-28-12-17-11-22(17,13-28)16-5-7-18(23)8-6-16/h5-8,17H,4,9-13H2,1-3H3/t17-,22?/m0/s1. The Morgan fingerprint density at radius 1 is 1.23 bits per heavy atom.